The van der Waals surface area contributed by atoms with Crippen LogP contribution in [0.5, 0.6) is 5.75 Å². The fourth-order valence-electron chi connectivity index (χ4n) is 3.33. The van der Waals surface area contributed by atoms with E-state index in [9.17, 15) is 5.11 Å². The zero-order valence-electron chi connectivity index (χ0n) is 9.98. The Hall–Kier alpha value is -1.06. The summed E-state index contributed by atoms with van der Waals surface area (Å²) in [6.07, 6.45) is 3.63. The van der Waals surface area contributed by atoms with Gasteiger partial charge in [-0.1, -0.05) is 18.2 Å². The Balaban J connectivity index is 2.12. The van der Waals surface area contributed by atoms with Crippen molar-refractivity contribution in [2.24, 2.45) is 5.73 Å². The number of para-hydroxylation sites is 1. The van der Waals surface area contributed by atoms with Gasteiger partial charge in [0.05, 0.1) is 12.2 Å². The number of benzene rings is 1. The van der Waals surface area contributed by atoms with E-state index >= 15 is 0 Å². The number of hydrogen-bond acceptors (Lipinski definition) is 3. The smallest absolute Gasteiger partial charge is 0.123 e. The van der Waals surface area contributed by atoms with Crippen LogP contribution < -0.4 is 10.5 Å². The highest BCUT2D eigenvalue weighted by Gasteiger charge is 2.55. The monoisotopic (exact) mass is 233 g/mol. The van der Waals surface area contributed by atoms with Crippen molar-refractivity contribution in [3.63, 3.8) is 0 Å². The molecule has 3 heteroatoms. The van der Waals surface area contributed by atoms with Gasteiger partial charge >= 0.3 is 0 Å². The molecule has 1 heterocycles. The van der Waals surface area contributed by atoms with Crippen LogP contribution in [0.2, 0.25) is 0 Å². The standard InChI is InChI=1S/C14H19NO2/c15-10-13(14(16)6-3-7-14)8-9-17-12-5-2-1-4-11(12)13/h1-2,4-5,16H,3,6-10,15H2. The maximum atomic E-state index is 10.8. The summed E-state index contributed by atoms with van der Waals surface area (Å²) in [5.74, 6) is 0.893. The molecule has 1 aliphatic carbocycles. The molecule has 92 valence electrons. The lowest BCUT2D eigenvalue weighted by molar-refractivity contribution is -0.110. The minimum absolute atomic E-state index is 0.305. The lowest BCUT2D eigenvalue weighted by atomic mass is 9.56. The SMILES string of the molecule is NCC1(C2(O)CCC2)CCOc2ccccc21. The first-order valence-electron chi connectivity index (χ1n) is 6.37. The van der Waals surface area contributed by atoms with Gasteiger partial charge in [-0.05, 0) is 31.7 Å². The highest BCUT2D eigenvalue weighted by Crippen LogP contribution is 2.53. The average Bonchev–Trinajstić information content (AvgIpc) is 2.35. The summed E-state index contributed by atoms with van der Waals surface area (Å²) in [6.45, 7) is 1.14. The average molecular weight is 233 g/mol. The van der Waals surface area contributed by atoms with Crippen LogP contribution in [0.15, 0.2) is 24.3 Å². The van der Waals surface area contributed by atoms with Crippen LogP contribution in [-0.2, 0) is 5.41 Å². The predicted molar refractivity (Wildman–Crippen MR) is 66.1 cm³/mol. The maximum Gasteiger partial charge on any atom is 0.123 e. The predicted octanol–water partition coefficient (Wildman–Crippen LogP) is 1.58. The van der Waals surface area contributed by atoms with Crippen molar-refractivity contribution in [2.75, 3.05) is 13.2 Å². The second-order valence-corrected chi connectivity index (χ2v) is 5.27. The van der Waals surface area contributed by atoms with Crippen molar-refractivity contribution in [1.29, 1.82) is 0 Å². The third-order valence-electron chi connectivity index (χ3n) is 4.61. The molecule has 0 spiro atoms. The fourth-order valence-corrected chi connectivity index (χ4v) is 3.33. The molecule has 3 nitrogen and oxygen atoms in total. The molecule has 17 heavy (non-hydrogen) atoms. The van der Waals surface area contributed by atoms with Gasteiger partial charge in [0.2, 0.25) is 0 Å². The van der Waals surface area contributed by atoms with Gasteiger partial charge in [0.1, 0.15) is 5.75 Å². The lowest BCUT2D eigenvalue weighted by Gasteiger charge is -2.54. The van der Waals surface area contributed by atoms with E-state index in [-0.39, 0.29) is 5.41 Å². The van der Waals surface area contributed by atoms with Gasteiger partial charge < -0.3 is 15.6 Å². The molecule has 1 unspecified atom stereocenters. The highest BCUT2D eigenvalue weighted by molar-refractivity contribution is 5.44. The topological polar surface area (TPSA) is 55.5 Å². The highest BCUT2D eigenvalue weighted by atomic mass is 16.5. The van der Waals surface area contributed by atoms with Crippen molar-refractivity contribution >= 4 is 0 Å². The minimum Gasteiger partial charge on any atom is -0.493 e. The zero-order valence-corrected chi connectivity index (χ0v) is 9.98. The van der Waals surface area contributed by atoms with Crippen molar-refractivity contribution in [2.45, 2.75) is 36.7 Å². The first-order chi connectivity index (χ1) is 8.22. The number of aliphatic hydroxyl groups is 1. The van der Waals surface area contributed by atoms with Crippen molar-refractivity contribution < 1.29 is 9.84 Å². The summed E-state index contributed by atoms with van der Waals surface area (Å²) in [4.78, 5) is 0. The first-order valence-corrected chi connectivity index (χ1v) is 6.37. The van der Waals surface area contributed by atoms with Gasteiger partial charge in [-0.2, -0.15) is 0 Å². The summed E-state index contributed by atoms with van der Waals surface area (Å²) in [6, 6.07) is 7.99. The fraction of sp³-hybridized carbons (Fsp3) is 0.571. The van der Waals surface area contributed by atoms with Crippen LogP contribution in [-0.4, -0.2) is 23.9 Å². The van der Waals surface area contributed by atoms with Gasteiger partial charge in [0, 0.05) is 17.5 Å². The van der Waals surface area contributed by atoms with Gasteiger partial charge in [-0.3, -0.25) is 0 Å². The van der Waals surface area contributed by atoms with Crippen LogP contribution in [0.25, 0.3) is 0 Å². The quantitative estimate of drug-likeness (QED) is 0.815. The van der Waals surface area contributed by atoms with E-state index in [2.05, 4.69) is 6.07 Å². The van der Waals surface area contributed by atoms with Crippen LogP contribution in [0.4, 0.5) is 0 Å². The Labute approximate surface area is 102 Å². The molecule has 1 aliphatic heterocycles. The van der Waals surface area contributed by atoms with E-state index in [0.29, 0.717) is 13.2 Å². The summed E-state index contributed by atoms with van der Waals surface area (Å²) in [7, 11) is 0. The van der Waals surface area contributed by atoms with Gasteiger partial charge in [0.15, 0.2) is 0 Å². The van der Waals surface area contributed by atoms with Crippen molar-refractivity contribution in [3.05, 3.63) is 29.8 Å². The van der Waals surface area contributed by atoms with Gasteiger partial charge in [-0.15, -0.1) is 0 Å². The van der Waals surface area contributed by atoms with E-state index in [4.69, 9.17) is 10.5 Å². The molecule has 0 aromatic heterocycles. The Bertz CT molecular complexity index is 428. The summed E-state index contributed by atoms with van der Waals surface area (Å²) in [5.41, 5.74) is 6.20. The Kier molecular flexibility index (Phi) is 2.42. The molecular weight excluding hydrogens is 214 g/mol. The molecule has 1 fully saturated rings. The number of ether oxygens (including phenoxy) is 1. The van der Waals surface area contributed by atoms with E-state index < -0.39 is 5.60 Å². The number of nitrogens with two attached hydrogens (primary N) is 1. The molecule has 0 bridgehead atoms. The molecule has 3 rings (SSSR count). The van der Waals surface area contributed by atoms with Gasteiger partial charge in [0.25, 0.3) is 0 Å². The number of rotatable bonds is 2. The lowest BCUT2D eigenvalue weighted by Crippen LogP contribution is -2.61. The molecule has 1 atom stereocenters. The van der Waals surface area contributed by atoms with E-state index in [1.54, 1.807) is 0 Å². The van der Waals surface area contributed by atoms with E-state index in [1.807, 2.05) is 18.2 Å². The molecule has 3 N–H and O–H groups in total. The largest absolute Gasteiger partial charge is 0.493 e. The van der Waals surface area contributed by atoms with E-state index in [0.717, 1.165) is 37.0 Å². The molecule has 1 aromatic carbocycles. The second kappa shape index (κ2) is 3.72. The molecule has 0 amide bonds. The Morgan fingerprint density at radius 1 is 1.24 bits per heavy atom. The summed E-state index contributed by atoms with van der Waals surface area (Å²) >= 11 is 0. The molecule has 1 aromatic rings. The summed E-state index contributed by atoms with van der Waals surface area (Å²) < 4.78 is 5.68. The zero-order chi connectivity index (χ0) is 11.9. The molecular formula is C14H19NO2. The number of fused-ring (bicyclic) bond motifs is 1. The first kappa shape index (κ1) is 11.1. The molecule has 0 radical (unpaired) electrons. The van der Waals surface area contributed by atoms with Crippen LogP contribution in [0.1, 0.15) is 31.2 Å². The number of hydrogen-bond donors (Lipinski definition) is 2. The second-order valence-electron chi connectivity index (χ2n) is 5.27. The van der Waals surface area contributed by atoms with Crippen LogP contribution >= 0.6 is 0 Å². The Morgan fingerprint density at radius 3 is 2.65 bits per heavy atom. The Morgan fingerprint density at radius 2 is 2.00 bits per heavy atom. The third-order valence-corrected chi connectivity index (χ3v) is 4.61. The molecule has 0 saturated heterocycles. The van der Waals surface area contributed by atoms with Crippen molar-refractivity contribution in [1.82, 2.24) is 0 Å². The van der Waals surface area contributed by atoms with E-state index in [1.165, 1.54) is 0 Å². The molecule has 1 saturated carbocycles. The summed E-state index contributed by atoms with van der Waals surface area (Å²) in [5, 5.41) is 10.8. The maximum absolute atomic E-state index is 10.8. The van der Waals surface area contributed by atoms with Crippen molar-refractivity contribution in [3.8, 4) is 5.75 Å². The van der Waals surface area contributed by atoms with Crippen LogP contribution in [0, 0.1) is 0 Å². The molecule has 2 aliphatic rings. The van der Waals surface area contributed by atoms with Crippen LogP contribution in [0.3, 0.4) is 0 Å². The normalized spacial score (nSPS) is 30.0. The van der Waals surface area contributed by atoms with Gasteiger partial charge in [-0.25, -0.2) is 0 Å². The minimum atomic E-state index is -0.623. The third kappa shape index (κ3) is 1.36.